The molecule has 3 N–H and O–H groups in total. The second kappa shape index (κ2) is 5.35. The number of hydrogen-bond acceptors (Lipinski definition) is 3. The third kappa shape index (κ3) is 3.10. The number of benzene rings is 2. The number of alkyl halides is 2. The lowest BCUT2D eigenvalue weighted by atomic mass is 10.2. The van der Waals surface area contributed by atoms with Gasteiger partial charge >= 0.3 is 6.61 Å². The van der Waals surface area contributed by atoms with Crippen LogP contribution in [0.4, 0.5) is 25.8 Å². The number of hydrogen-bond donors (Lipinski definition) is 2. The molecule has 0 aliphatic heterocycles. The quantitative estimate of drug-likeness (QED) is 0.815. The third-order valence-electron chi connectivity index (χ3n) is 2.27. The lowest BCUT2D eigenvalue weighted by molar-refractivity contribution is -0.0493. The van der Waals surface area contributed by atoms with Crippen LogP contribution in [0, 0.1) is 0 Å². The summed E-state index contributed by atoms with van der Waals surface area (Å²) < 4.78 is 28.9. The average Bonchev–Trinajstić information content (AvgIpc) is 2.31. The molecule has 5 heteroatoms. The van der Waals surface area contributed by atoms with E-state index in [-0.39, 0.29) is 5.75 Å². The van der Waals surface area contributed by atoms with Crippen LogP contribution in [-0.4, -0.2) is 6.61 Å². The van der Waals surface area contributed by atoms with Crippen LogP contribution < -0.4 is 15.8 Å². The number of halogens is 2. The standard InChI is InChI=1S/C13H12F2N2O/c14-13(15)18-12-7-2-1-6-11(12)17-10-5-3-4-9(16)8-10/h1-8,13,17H,16H2. The Balaban J connectivity index is 2.23. The first kappa shape index (κ1) is 12.2. The van der Waals surface area contributed by atoms with Crippen LogP contribution in [0.2, 0.25) is 0 Å². The molecule has 0 heterocycles. The minimum Gasteiger partial charge on any atom is -0.433 e. The topological polar surface area (TPSA) is 47.3 Å². The number of nitrogen functional groups attached to an aromatic ring is 1. The van der Waals surface area contributed by atoms with E-state index in [9.17, 15) is 8.78 Å². The molecule has 0 radical (unpaired) electrons. The molecule has 0 saturated carbocycles. The Morgan fingerprint density at radius 3 is 2.56 bits per heavy atom. The zero-order valence-corrected chi connectivity index (χ0v) is 9.44. The molecule has 0 saturated heterocycles. The van der Waals surface area contributed by atoms with Gasteiger partial charge in [0.05, 0.1) is 5.69 Å². The van der Waals surface area contributed by atoms with Gasteiger partial charge in [-0.25, -0.2) is 0 Å². The molecule has 2 rings (SSSR count). The van der Waals surface area contributed by atoms with Gasteiger partial charge in [0.2, 0.25) is 0 Å². The van der Waals surface area contributed by atoms with E-state index in [1.807, 2.05) is 0 Å². The number of anilines is 3. The van der Waals surface area contributed by atoms with E-state index >= 15 is 0 Å². The summed E-state index contributed by atoms with van der Waals surface area (Å²) in [6, 6.07) is 13.5. The van der Waals surface area contributed by atoms with E-state index in [1.165, 1.54) is 6.07 Å². The predicted molar refractivity (Wildman–Crippen MR) is 67.2 cm³/mol. The molecule has 0 aromatic heterocycles. The molecular weight excluding hydrogens is 238 g/mol. The molecule has 0 aliphatic rings. The van der Waals surface area contributed by atoms with Crippen molar-refractivity contribution in [2.75, 3.05) is 11.1 Å². The first-order chi connectivity index (χ1) is 8.65. The van der Waals surface area contributed by atoms with Crippen LogP contribution in [0.3, 0.4) is 0 Å². The molecule has 18 heavy (non-hydrogen) atoms. The Morgan fingerprint density at radius 1 is 1.06 bits per heavy atom. The summed E-state index contributed by atoms with van der Waals surface area (Å²) in [6.45, 7) is -2.85. The van der Waals surface area contributed by atoms with Crippen LogP contribution in [0.15, 0.2) is 48.5 Å². The summed E-state index contributed by atoms with van der Waals surface area (Å²) in [5, 5.41) is 2.98. The summed E-state index contributed by atoms with van der Waals surface area (Å²) in [4.78, 5) is 0. The maximum atomic E-state index is 12.2. The van der Waals surface area contributed by atoms with Gasteiger partial charge in [-0.05, 0) is 30.3 Å². The molecule has 0 atom stereocenters. The highest BCUT2D eigenvalue weighted by Gasteiger charge is 2.08. The Bertz CT molecular complexity index is 532. The number of nitrogens with one attached hydrogen (secondary N) is 1. The van der Waals surface area contributed by atoms with Crippen molar-refractivity contribution in [2.24, 2.45) is 0 Å². The number of rotatable bonds is 4. The SMILES string of the molecule is Nc1cccc(Nc2ccccc2OC(F)F)c1. The van der Waals surface area contributed by atoms with Crippen LogP contribution >= 0.6 is 0 Å². The molecular formula is C13H12F2N2O. The van der Waals surface area contributed by atoms with Crippen molar-refractivity contribution in [1.29, 1.82) is 0 Å². The summed E-state index contributed by atoms with van der Waals surface area (Å²) in [6.07, 6.45) is 0. The maximum absolute atomic E-state index is 12.2. The minimum absolute atomic E-state index is 0.0925. The lowest BCUT2D eigenvalue weighted by Crippen LogP contribution is -2.04. The smallest absolute Gasteiger partial charge is 0.387 e. The minimum atomic E-state index is -2.85. The highest BCUT2D eigenvalue weighted by atomic mass is 19.3. The number of ether oxygens (including phenoxy) is 1. The van der Waals surface area contributed by atoms with Gasteiger partial charge in [0.1, 0.15) is 5.75 Å². The fourth-order valence-corrected chi connectivity index (χ4v) is 1.54. The maximum Gasteiger partial charge on any atom is 0.387 e. The molecule has 0 amide bonds. The fraction of sp³-hybridized carbons (Fsp3) is 0.0769. The Morgan fingerprint density at radius 2 is 1.83 bits per heavy atom. The lowest BCUT2D eigenvalue weighted by Gasteiger charge is -2.12. The number of para-hydroxylation sites is 2. The van der Waals surface area contributed by atoms with Crippen molar-refractivity contribution in [3.8, 4) is 5.75 Å². The molecule has 0 bridgehead atoms. The largest absolute Gasteiger partial charge is 0.433 e. The third-order valence-corrected chi connectivity index (χ3v) is 2.27. The summed E-state index contributed by atoms with van der Waals surface area (Å²) in [7, 11) is 0. The van der Waals surface area contributed by atoms with E-state index in [4.69, 9.17) is 5.73 Å². The molecule has 2 aromatic carbocycles. The summed E-state index contributed by atoms with van der Waals surface area (Å²) in [5.74, 6) is 0.0925. The Kier molecular flexibility index (Phi) is 3.62. The Labute approximate surface area is 103 Å². The normalized spacial score (nSPS) is 10.4. The first-order valence-electron chi connectivity index (χ1n) is 5.31. The van der Waals surface area contributed by atoms with E-state index in [0.717, 1.165) is 0 Å². The molecule has 3 nitrogen and oxygen atoms in total. The van der Waals surface area contributed by atoms with Crippen LogP contribution in [-0.2, 0) is 0 Å². The molecule has 0 fully saturated rings. The van der Waals surface area contributed by atoms with Crippen LogP contribution in [0.5, 0.6) is 5.75 Å². The van der Waals surface area contributed by atoms with Crippen molar-refractivity contribution in [2.45, 2.75) is 6.61 Å². The van der Waals surface area contributed by atoms with Crippen molar-refractivity contribution < 1.29 is 13.5 Å². The molecule has 2 aromatic rings. The van der Waals surface area contributed by atoms with E-state index < -0.39 is 6.61 Å². The van der Waals surface area contributed by atoms with Crippen molar-refractivity contribution in [1.82, 2.24) is 0 Å². The zero-order valence-electron chi connectivity index (χ0n) is 9.44. The van der Waals surface area contributed by atoms with Crippen molar-refractivity contribution in [3.63, 3.8) is 0 Å². The first-order valence-corrected chi connectivity index (χ1v) is 5.31. The van der Waals surface area contributed by atoms with Gasteiger partial charge in [0, 0.05) is 11.4 Å². The van der Waals surface area contributed by atoms with Gasteiger partial charge in [0.15, 0.2) is 0 Å². The average molecular weight is 250 g/mol. The van der Waals surface area contributed by atoms with Crippen molar-refractivity contribution >= 4 is 17.1 Å². The van der Waals surface area contributed by atoms with Crippen LogP contribution in [0.1, 0.15) is 0 Å². The number of nitrogens with two attached hydrogens (primary N) is 1. The highest BCUT2D eigenvalue weighted by molar-refractivity contribution is 5.68. The van der Waals surface area contributed by atoms with E-state index in [1.54, 1.807) is 42.5 Å². The van der Waals surface area contributed by atoms with Gasteiger partial charge in [-0.1, -0.05) is 18.2 Å². The van der Waals surface area contributed by atoms with Crippen molar-refractivity contribution in [3.05, 3.63) is 48.5 Å². The molecule has 0 spiro atoms. The second-order valence-electron chi connectivity index (χ2n) is 3.63. The predicted octanol–water partition coefficient (Wildman–Crippen LogP) is 3.61. The fourth-order valence-electron chi connectivity index (χ4n) is 1.54. The highest BCUT2D eigenvalue weighted by Crippen LogP contribution is 2.29. The van der Waals surface area contributed by atoms with E-state index in [0.29, 0.717) is 17.1 Å². The van der Waals surface area contributed by atoms with Crippen LogP contribution in [0.25, 0.3) is 0 Å². The van der Waals surface area contributed by atoms with E-state index in [2.05, 4.69) is 10.1 Å². The van der Waals surface area contributed by atoms with Gasteiger partial charge < -0.3 is 15.8 Å². The Hall–Kier alpha value is -2.30. The van der Waals surface area contributed by atoms with Gasteiger partial charge in [-0.15, -0.1) is 0 Å². The summed E-state index contributed by atoms with van der Waals surface area (Å²) in [5.41, 5.74) is 7.40. The summed E-state index contributed by atoms with van der Waals surface area (Å²) >= 11 is 0. The monoisotopic (exact) mass is 250 g/mol. The second-order valence-corrected chi connectivity index (χ2v) is 3.63. The van der Waals surface area contributed by atoms with Gasteiger partial charge in [0.25, 0.3) is 0 Å². The molecule has 0 aliphatic carbocycles. The molecule has 94 valence electrons. The molecule has 0 unspecified atom stereocenters. The van der Waals surface area contributed by atoms with Gasteiger partial charge in [-0.2, -0.15) is 8.78 Å². The van der Waals surface area contributed by atoms with Gasteiger partial charge in [-0.3, -0.25) is 0 Å². The zero-order chi connectivity index (χ0) is 13.0.